The number of methoxy groups -OCH3 is 1. The predicted octanol–water partition coefficient (Wildman–Crippen LogP) is 2.79. The number of hydrogen-bond donors (Lipinski definition) is 2. The van der Waals surface area contributed by atoms with Gasteiger partial charge >= 0.3 is 0 Å². The van der Waals surface area contributed by atoms with Gasteiger partial charge in [-0.05, 0) is 57.0 Å². The molecule has 2 N–H and O–H groups in total. The number of amides is 1. The van der Waals surface area contributed by atoms with E-state index in [0.29, 0.717) is 12.4 Å². The van der Waals surface area contributed by atoms with Crippen LogP contribution in [0.5, 0.6) is 17.2 Å². The first kappa shape index (κ1) is 22.4. The zero-order valence-electron chi connectivity index (χ0n) is 18.4. The summed E-state index contributed by atoms with van der Waals surface area (Å²) >= 11 is 0. The van der Waals surface area contributed by atoms with Crippen LogP contribution in [-0.4, -0.2) is 40.2 Å². The van der Waals surface area contributed by atoms with Crippen molar-refractivity contribution in [3.63, 3.8) is 0 Å². The molecule has 0 radical (unpaired) electrons. The molecule has 0 unspecified atom stereocenters. The summed E-state index contributed by atoms with van der Waals surface area (Å²) in [5, 5.41) is 2.86. The molecule has 1 aliphatic carbocycles. The van der Waals surface area contributed by atoms with Crippen molar-refractivity contribution >= 4 is 15.9 Å². The van der Waals surface area contributed by atoms with Gasteiger partial charge in [-0.25, -0.2) is 13.1 Å². The topological polar surface area (TPSA) is 103 Å². The lowest BCUT2D eigenvalue weighted by Gasteiger charge is -2.14. The van der Waals surface area contributed by atoms with E-state index in [1.165, 1.54) is 19.2 Å². The van der Waals surface area contributed by atoms with E-state index in [2.05, 4.69) is 10.0 Å². The van der Waals surface area contributed by atoms with Gasteiger partial charge in [0, 0.05) is 35.7 Å². The second-order valence-electron chi connectivity index (χ2n) is 8.08. The van der Waals surface area contributed by atoms with Gasteiger partial charge in [-0.2, -0.15) is 0 Å². The minimum absolute atomic E-state index is 0.0468. The molecular weight excluding hydrogens is 432 g/mol. The van der Waals surface area contributed by atoms with Crippen LogP contribution >= 0.6 is 0 Å². The largest absolute Gasteiger partial charge is 0.495 e. The number of rotatable bonds is 9. The summed E-state index contributed by atoms with van der Waals surface area (Å²) in [5.41, 5.74) is 2.11. The molecule has 9 heteroatoms. The minimum Gasteiger partial charge on any atom is -0.495 e. The fourth-order valence-corrected chi connectivity index (χ4v) is 5.20. The van der Waals surface area contributed by atoms with Crippen LogP contribution in [0.4, 0.5) is 0 Å². The molecule has 2 aromatic carbocycles. The van der Waals surface area contributed by atoms with Crippen LogP contribution in [0, 0.1) is 0 Å². The lowest BCUT2D eigenvalue weighted by molar-refractivity contribution is 0.0950. The summed E-state index contributed by atoms with van der Waals surface area (Å²) in [7, 11) is -2.38. The molecule has 8 nitrogen and oxygen atoms in total. The van der Waals surface area contributed by atoms with Crippen LogP contribution in [0.15, 0.2) is 35.2 Å². The lowest BCUT2D eigenvalue weighted by Crippen LogP contribution is -2.27. The summed E-state index contributed by atoms with van der Waals surface area (Å²) in [6.07, 6.45) is 2.55. The fraction of sp³-hybridized carbons (Fsp3) is 0.435. The van der Waals surface area contributed by atoms with Crippen molar-refractivity contribution in [2.75, 3.05) is 13.7 Å². The Labute approximate surface area is 188 Å². The second-order valence-corrected chi connectivity index (χ2v) is 9.76. The zero-order chi connectivity index (χ0) is 22.9. The quantitative estimate of drug-likeness (QED) is 0.597. The first-order chi connectivity index (χ1) is 15.3. The third-order valence-electron chi connectivity index (χ3n) is 5.43. The third-order valence-corrected chi connectivity index (χ3v) is 6.97. The first-order valence-corrected chi connectivity index (χ1v) is 12.2. The van der Waals surface area contributed by atoms with Gasteiger partial charge in [0.2, 0.25) is 10.0 Å². The standard InChI is InChI=1S/C23H28N2O6S/c1-4-30-20-10-16-9-14(2)31-21(16)11-17(20)13-24-23(26)15-5-8-19(29-3)22(12-15)32(27,28)25-18-6-7-18/h5,8,10-12,14,18,25H,4,6-7,9,13H2,1-3H3,(H,24,26)/t14-/m1/s1. The Morgan fingerprint density at radius 1 is 1.19 bits per heavy atom. The molecule has 32 heavy (non-hydrogen) atoms. The molecule has 2 aromatic rings. The van der Waals surface area contributed by atoms with Gasteiger partial charge in [-0.3, -0.25) is 4.79 Å². The second kappa shape index (κ2) is 8.99. The molecule has 0 bridgehead atoms. The van der Waals surface area contributed by atoms with Gasteiger partial charge in [0.1, 0.15) is 28.2 Å². The summed E-state index contributed by atoms with van der Waals surface area (Å²) < 4.78 is 44.9. The average molecular weight is 461 g/mol. The van der Waals surface area contributed by atoms with Gasteiger partial charge in [0.05, 0.1) is 13.7 Å². The monoisotopic (exact) mass is 460 g/mol. The maximum absolute atomic E-state index is 12.8. The zero-order valence-corrected chi connectivity index (χ0v) is 19.3. The number of carbonyl (C=O) groups excluding carboxylic acids is 1. The van der Waals surface area contributed by atoms with Crippen LogP contribution < -0.4 is 24.2 Å². The Balaban J connectivity index is 1.53. The number of nitrogens with one attached hydrogen (secondary N) is 2. The third kappa shape index (κ3) is 4.83. The number of sulfonamides is 1. The van der Waals surface area contributed by atoms with Crippen LogP contribution in [0.1, 0.15) is 48.2 Å². The van der Waals surface area contributed by atoms with Crippen molar-refractivity contribution in [3.05, 3.63) is 47.0 Å². The molecule has 1 heterocycles. The molecule has 0 spiro atoms. The molecule has 172 valence electrons. The summed E-state index contributed by atoms with van der Waals surface area (Å²) in [5.74, 6) is 1.30. The van der Waals surface area contributed by atoms with E-state index in [0.717, 1.165) is 36.1 Å². The van der Waals surface area contributed by atoms with E-state index < -0.39 is 15.9 Å². The van der Waals surface area contributed by atoms with Crippen LogP contribution in [0.25, 0.3) is 0 Å². The Morgan fingerprint density at radius 3 is 2.66 bits per heavy atom. The summed E-state index contributed by atoms with van der Waals surface area (Å²) in [6.45, 7) is 4.64. The Bertz CT molecular complexity index is 1130. The average Bonchev–Trinajstić information content (AvgIpc) is 3.49. The van der Waals surface area contributed by atoms with E-state index in [1.807, 2.05) is 26.0 Å². The first-order valence-electron chi connectivity index (χ1n) is 10.7. The maximum Gasteiger partial charge on any atom is 0.251 e. The van der Waals surface area contributed by atoms with Crippen molar-refractivity contribution in [3.8, 4) is 17.2 Å². The Kier molecular flexibility index (Phi) is 6.30. The van der Waals surface area contributed by atoms with E-state index >= 15 is 0 Å². The fourth-order valence-electron chi connectivity index (χ4n) is 3.70. The van der Waals surface area contributed by atoms with E-state index in [9.17, 15) is 13.2 Å². The van der Waals surface area contributed by atoms with Crippen molar-refractivity contribution < 1.29 is 27.4 Å². The van der Waals surface area contributed by atoms with Crippen LogP contribution in [0.3, 0.4) is 0 Å². The van der Waals surface area contributed by atoms with Crippen LogP contribution in [0.2, 0.25) is 0 Å². The van der Waals surface area contributed by atoms with Gasteiger partial charge < -0.3 is 19.5 Å². The number of fused-ring (bicyclic) bond motifs is 1. The molecule has 2 aliphatic rings. The molecule has 0 aromatic heterocycles. The summed E-state index contributed by atoms with van der Waals surface area (Å²) in [4.78, 5) is 12.8. The Morgan fingerprint density at radius 2 is 1.97 bits per heavy atom. The number of hydrogen-bond acceptors (Lipinski definition) is 6. The molecule has 4 rings (SSSR count). The predicted molar refractivity (Wildman–Crippen MR) is 119 cm³/mol. The highest BCUT2D eigenvalue weighted by molar-refractivity contribution is 7.89. The van der Waals surface area contributed by atoms with Crippen molar-refractivity contribution in [1.29, 1.82) is 0 Å². The normalized spacial score (nSPS) is 17.4. The van der Waals surface area contributed by atoms with Gasteiger partial charge in [0.15, 0.2) is 0 Å². The highest BCUT2D eigenvalue weighted by atomic mass is 32.2. The van der Waals surface area contributed by atoms with Crippen LogP contribution in [-0.2, 0) is 23.0 Å². The number of carbonyl (C=O) groups is 1. The molecule has 1 saturated carbocycles. The highest BCUT2D eigenvalue weighted by Crippen LogP contribution is 2.35. The molecule has 1 fully saturated rings. The molecule has 1 atom stereocenters. The maximum atomic E-state index is 12.8. The van der Waals surface area contributed by atoms with Gasteiger partial charge in [-0.1, -0.05) is 0 Å². The summed E-state index contributed by atoms with van der Waals surface area (Å²) in [6, 6.07) is 8.19. The van der Waals surface area contributed by atoms with Crippen molar-refractivity contribution in [2.45, 2.75) is 56.7 Å². The minimum atomic E-state index is -3.78. The molecule has 1 aliphatic heterocycles. The van der Waals surface area contributed by atoms with Gasteiger partial charge in [0.25, 0.3) is 5.91 Å². The smallest absolute Gasteiger partial charge is 0.251 e. The number of benzene rings is 2. The lowest BCUT2D eigenvalue weighted by atomic mass is 10.1. The van der Waals surface area contributed by atoms with E-state index in [1.54, 1.807) is 6.07 Å². The number of ether oxygens (including phenoxy) is 3. The Hall–Kier alpha value is -2.78. The molecule has 0 saturated heterocycles. The molecule has 1 amide bonds. The van der Waals surface area contributed by atoms with Gasteiger partial charge in [-0.15, -0.1) is 0 Å². The SMILES string of the molecule is CCOc1cc2c(cc1CNC(=O)c1ccc(OC)c(S(=O)(=O)NC3CC3)c1)O[C@H](C)C2. The van der Waals surface area contributed by atoms with Crippen molar-refractivity contribution in [1.82, 2.24) is 10.0 Å². The highest BCUT2D eigenvalue weighted by Gasteiger charge is 2.30. The molecular formula is C23H28N2O6S. The van der Waals surface area contributed by atoms with E-state index in [4.69, 9.17) is 14.2 Å². The van der Waals surface area contributed by atoms with E-state index in [-0.39, 0.29) is 34.9 Å². The van der Waals surface area contributed by atoms with Crippen molar-refractivity contribution in [2.24, 2.45) is 0 Å².